The van der Waals surface area contributed by atoms with Crippen LogP contribution in [0.2, 0.25) is 0 Å². The molecule has 5 heterocycles. The van der Waals surface area contributed by atoms with Crippen molar-refractivity contribution in [3.8, 4) is 5.75 Å². The number of nitrogens with zero attached hydrogens (tertiary/aromatic N) is 1. The zero-order valence-corrected chi connectivity index (χ0v) is 88.2. The SMILES string of the molecule is C/C=C(\NC(=O)C(CCCCN)NC(=O)C(C)NC(=O)C1CSC(C)C(NC(=O)C2CSCC(NC(=O)C(C)NC(=O)C(N)C(C)CC)C(=O)NC(CCCCN)C(=O)NC(Cc3ccccc3)C(=O)NC(CC(C)C)C(=O)N2)C(=O)N2CCCC2C(=O)NCC(=O)N1)C(=O)NCC(=O)NC1CSCC2NC(=O)C(Cc3ccc(O)cc3)NC(=O)C(CS/C=C\NC2=O)NC(=O)C(CC(N)=O)NC(=O)C(Cc2ccccc2)NC1=O. The summed E-state index contributed by atoms with van der Waals surface area (Å²) in [7, 11) is 0. The topological polar surface area (TPSA) is 744 Å². The van der Waals surface area contributed by atoms with Crippen molar-refractivity contribution in [3.05, 3.63) is 125 Å². The van der Waals surface area contributed by atoms with Crippen molar-refractivity contribution in [2.45, 2.75) is 259 Å². The first kappa shape index (κ1) is 122. The number of hydrogen-bond acceptors (Lipinski definition) is 30. The second kappa shape index (κ2) is 61.6. The fourth-order valence-electron chi connectivity index (χ4n) is 16.2. The van der Waals surface area contributed by atoms with Crippen LogP contribution in [0.25, 0.3) is 0 Å². The largest absolute Gasteiger partial charge is 0.508 e. The molecule has 5 aliphatic rings. The second-order valence-electron chi connectivity index (χ2n) is 37.4. The second-order valence-corrected chi connectivity index (χ2v) is 41.9. The van der Waals surface area contributed by atoms with E-state index >= 15 is 14.4 Å². The molecule has 4 saturated heterocycles. The third-order valence-corrected chi connectivity index (χ3v) is 29.5. The standard InChI is InChI=1S/C98H141N25O23S4/c1-9-52(5)78(102)97(145)107-54(7)81(129)118-71-48-149-49-72(121-86(134)63(38-51(3)4)113-87(135)64(39-56-22-13-11-14-23-56)114-85(133)62(112-93(71)141)27-18-20-34-100)95(143)122-79-55(8)150-50-73(109-77(127)44-105-96(144)74-28-21-36-123(74)98(79)146)91(139)106-53(6)80(128)111-61(26-17-19-33-99)84(132)110-60(10-2)82(130)104-43-76(126)108-69-47-148-46-68-83(131)103-35-37-147-45-70(94(142)116-66(89(137)119-68)41-58-29-31-59(124)32-30-58)120-90(138)67(42-75(101)125)117-88(136)65(115-92(69)140)40-57-24-15-12-16-25-57/h10-16,22-25,29-32,35,37,51-55,61-74,78-79,124H,9,17-21,26-28,33-34,36,38-50,99-100,102H2,1-8H3,(H2,101,125)(H,103,131)(H,104,130)(H,105,144)(H,106,139)(H,107,145)(H,108,126)(H,109,127)(H,110,132)(H,111,128)(H,112,141)(H,113,135)(H,114,133)(H,115,140)(H,116,142)(H,117,136)(H,118,129)(H,119,137)(H,120,138)(H,121,134)(H,122,143)/b37-35-,60-10-. The molecule has 0 radical (unpaired) electrons. The van der Waals surface area contributed by atoms with Crippen LogP contribution in [0, 0.1) is 11.8 Å². The third-order valence-electron chi connectivity index (χ3n) is 25.1. The summed E-state index contributed by atoms with van der Waals surface area (Å²) >= 11 is 3.54. The van der Waals surface area contributed by atoms with Gasteiger partial charge >= 0.3 is 0 Å². The van der Waals surface area contributed by atoms with Gasteiger partial charge in [0, 0.05) is 71.8 Å². The summed E-state index contributed by atoms with van der Waals surface area (Å²) in [6.45, 7) is 11.3. The molecule has 20 atom stereocenters. The molecule has 3 aromatic rings. The van der Waals surface area contributed by atoms with Gasteiger partial charge in [-0.05, 0) is 138 Å². The Bertz CT molecular complexity index is 5330. The minimum absolute atomic E-state index is 0.00118. The lowest BCUT2D eigenvalue weighted by atomic mass is 9.99. The van der Waals surface area contributed by atoms with Crippen LogP contribution >= 0.6 is 47.0 Å². The van der Waals surface area contributed by atoms with Crippen LogP contribution in [0.1, 0.15) is 143 Å². The molecule has 0 saturated carbocycles. The third kappa shape index (κ3) is 39.2. The number of hydrogen-bond donors (Lipinski definition) is 25. The number of fused-ring (bicyclic) bond motifs is 7. The average Bonchev–Trinajstić information content (AvgIpc) is 1.63. The Morgan fingerprint density at radius 1 is 0.527 bits per heavy atom. The van der Waals surface area contributed by atoms with Gasteiger partial charge in [0.05, 0.1) is 25.6 Å². The maximum absolute atomic E-state index is 15.6. The van der Waals surface area contributed by atoms with Gasteiger partial charge in [0.2, 0.25) is 124 Å². The number of carbonyl (C=O) groups is 22. The molecule has 52 heteroatoms. The molecule has 150 heavy (non-hydrogen) atoms. The number of thioether (sulfide) groups is 4. The molecule has 0 spiro atoms. The highest BCUT2D eigenvalue weighted by Crippen LogP contribution is 2.27. The number of unbranched alkanes of at least 4 members (excludes halogenated alkanes) is 2. The van der Waals surface area contributed by atoms with Gasteiger partial charge in [-0.3, -0.25) is 105 Å². The lowest BCUT2D eigenvalue weighted by molar-refractivity contribution is -0.142. The number of nitrogens with one attached hydrogen (secondary N) is 20. The van der Waals surface area contributed by atoms with E-state index in [1.807, 2.05) is 6.92 Å². The van der Waals surface area contributed by atoms with Crippen LogP contribution in [0.5, 0.6) is 5.75 Å². The number of primary amides is 1. The Morgan fingerprint density at radius 2 is 1.06 bits per heavy atom. The molecule has 48 nitrogen and oxygen atoms in total. The number of aromatic hydroxyl groups is 1. The number of rotatable bonds is 36. The quantitative estimate of drug-likeness (QED) is 0.0190. The normalized spacial score (nSPS) is 24.9. The fraction of sp³-hybridized carbons (Fsp3) is 0.551. The molecule has 5 aliphatic heterocycles. The minimum atomic E-state index is -1.80. The summed E-state index contributed by atoms with van der Waals surface area (Å²) in [5, 5.41) is 62.5. The van der Waals surface area contributed by atoms with Crippen molar-refractivity contribution < 1.29 is 111 Å². The molecular formula is C98H141N25O23S4. The highest BCUT2D eigenvalue weighted by Gasteiger charge is 2.45. The van der Waals surface area contributed by atoms with E-state index in [4.69, 9.17) is 22.9 Å². The maximum atomic E-state index is 15.6. The zero-order valence-electron chi connectivity index (χ0n) is 84.9. The smallest absolute Gasteiger partial charge is 0.267 e. The van der Waals surface area contributed by atoms with Gasteiger partial charge in [0.1, 0.15) is 114 Å². The van der Waals surface area contributed by atoms with Crippen LogP contribution in [0.3, 0.4) is 0 Å². The summed E-state index contributed by atoms with van der Waals surface area (Å²) in [6.07, 6.45) is 2.87. The number of amides is 22. The van der Waals surface area contributed by atoms with E-state index < -0.39 is 286 Å². The number of phenolic OH excluding ortho intramolecular Hbond substituents is 1. The molecule has 4 fully saturated rings. The van der Waals surface area contributed by atoms with Crippen LogP contribution in [-0.2, 0) is 125 Å². The maximum Gasteiger partial charge on any atom is 0.267 e. The number of carbonyl (C=O) groups excluding carboxylic acids is 22. The van der Waals surface area contributed by atoms with Crippen molar-refractivity contribution in [1.29, 1.82) is 0 Å². The van der Waals surface area contributed by atoms with Crippen LogP contribution in [0.4, 0.5) is 0 Å². The van der Waals surface area contributed by atoms with Crippen molar-refractivity contribution in [3.63, 3.8) is 0 Å². The van der Waals surface area contributed by atoms with Crippen LogP contribution in [0.15, 0.2) is 108 Å². The lowest BCUT2D eigenvalue weighted by Crippen LogP contribution is -2.62. The molecule has 3 aromatic carbocycles. The number of nitrogens with two attached hydrogens (primary N) is 4. The molecule has 22 amide bonds. The molecule has 8 rings (SSSR count). The summed E-state index contributed by atoms with van der Waals surface area (Å²) in [5.74, 6) is -23.5. The predicted molar refractivity (Wildman–Crippen MR) is 560 cm³/mol. The van der Waals surface area contributed by atoms with E-state index in [1.54, 1.807) is 81.4 Å². The number of allylic oxidation sites excluding steroid dienone is 1. The summed E-state index contributed by atoms with van der Waals surface area (Å²) < 4.78 is 0. The van der Waals surface area contributed by atoms with Crippen molar-refractivity contribution >= 4 is 177 Å². The van der Waals surface area contributed by atoms with E-state index in [1.165, 1.54) is 68.5 Å². The molecular weight excluding hydrogens is 2020 g/mol. The Labute approximate surface area is 885 Å². The first-order valence-corrected chi connectivity index (χ1v) is 54.2. The predicted octanol–water partition coefficient (Wildman–Crippen LogP) is -6.02. The average molecular weight is 2170 g/mol. The van der Waals surface area contributed by atoms with Gasteiger partial charge in [0.15, 0.2) is 0 Å². The Kier molecular flexibility index (Phi) is 50.0. The van der Waals surface area contributed by atoms with Gasteiger partial charge in [-0.25, -0.2) is 0 Å². The van der Waals surface area contributed by atoms with Crippen molar-refractivity contribution in [1.82, 2.24) is 111 Å². The van der Waals surface area contributed by atoms with Gasteiger partial charge in [-0.1, -0.05) is 120 Å². The van der Waals surface area contributed by atoms with Crippen molar-refractivity contribution in [2.24, 2.45) is 34.8 Å². The molecule has 820 valence electrons. The molecule has 20 unspecified atom stereocenters. The molecule has 0 aliphatic carbocycles. The molecule has 29 N–H and O–H groups in total. The highest BCUT2D eigenvalue weighted by molar-refractivity contribution is 8.02. The van der Waals surface area contributed by atoms with E-state index in [-0.39, 0.29) is 106 Å². The minimum Gasteiger partial charge on any atom is -0.508 e. The van der Waals surface area contributed by atoms with E-state index in [0.717, 1.165) is 53.1 Å². The summed E-state index contributed by atoms with van der Waals surface area (Å²) in [5.41, 5.74) is 24.6. The molecule has 2 bridgehead atoms. The van der Waals surface area contributed by atoms with Gasteiger partial charge in [0.25, 0.3) is 5.91 Å². The number of phenols is 1. The summed E-state index contributed by atoms with van der Waals surface area (Å²) in [6, 6.07) is -4.35. The first-order valence-electron chi connectivity index (χ1n) is 49.8. The Balaban J connectivity index is 1.01. The molecule has 0 aromatic heterocycles. The van der Waals surface area contributed by atoms with Gasteiger partial charge in [-0.15, -0.1) is 11.8 Å². The Hall–Kier alpha value is -13.4. The monoisotopic (exact) mass is 2160 g/mol. The Morgan fingerprint density at radius 3 is 1.67 bits per heavy atom. The van der Waals surface area contributed by atoms with E-state index in [0.29, 0.717) is 48.8 Å². The van der Waals surface area contributed by atoms with Crippen LogP contribution in [-0.4, -0.2) is 321 Å². The highest BCUT2D eigenvalue weighted by atomic mass is 32.2. The van der Waals surface area contributed by atoms with E-state index in [9.17, 15) is 96.2 Å². The summed E-state index contributed by atoms with van der Waals surface area (Å²) in [4.78, 5) is 319. The van der Waals surface area contributed by atoms with Gasteiger partial charge in [-0.2, -0.15) is 35.3 Å². The fourth-order valence-corrected chi connectivity index (χ4v) is 20.2. The first-order chi connectivity index (χ1) is 71.5. The zero-order chi connectivity index (χ0) is 110. The van der Waals surface area contributed by atoms with Crippen molar-refractivity contribution in [2.75, 3.05) is 67.2 Å². The number of benzene rings is 3. The van der Waals surface area contributed by atoms with E-state index in [2.05, 4.69) is 106 Å². The van der Waals surface area contributed by atoms with Crippen LogP contribution < -0.4 is 129 Å². The lowest BCUT2D eigenvalue weighted by Gasteiger charge is -2.33. The van der Waals surface area contributed by atoms with Gasteiger partial charge < -0.3 is 139 Å².